The Labute approximate surface area is 84.2 Å². The van der Waals surface area contributed by atoms with E-state index in [0.29, 0.717) is 13.2 Å². The minimum atomic E-state index is -0.393. The molecule has 82 valence electrons. The minimum Gasteiger partial charge on any atom is -0.465 e. The molecule has 4 heteroatoms. The summed E-state index contributed by atoms with van der Waals surface area (Å²) in [5, 5.41) is 0. The molecule has 0 amide bonds. The highest BCUT2D eigenvalue weighted by Gasteiger charge is 2.29. The molecule has 1 heterocycles. The van der Waals surface area contributed by atoms with Gasteiger partial charge >= 0.3 is 5.97 Å². The highest BCUT2D eigenvalue weighted by molar-refractivity contribution is 5.75. The Morgan fingerprint density at radius 3 is 3.00 bits per heavy atom. The van der Waals surface area contributed by atoms with Crippen LogP contribution in [0.1, 0.15) is 26.2 Å². The number of rotatable bonds is 4. The van der Waals surface area contributed by atoms with Gasteiger partial charge in [0.1, 0.15) is 12.7 Å². The fourth-order valence-electron chi connectivity index (χ4n) is 1.87. The van der Waals surface area contributed by atoms with Gasteiger partial charge in [-0.15, -0.1) is 0 Å². The van der Waals surface area contributed by atoms with Crippen molar-refractivity contribution in [2.75, 3.05) is 26.4 Å². The predicted molar refractivity (Wildman–Crippen MR) is 51.8 cm³/mol. The number of carbonyl (C=O) groups is 1. The molecule has 0 saturated carbocycles. The van der Waals surface area contributed by atoms with Crippen LogP contribution in [0.5, 0.6) is 0 Å². The van der Waals surface area contributed by atoms with Gasteiger partial charge < -0.3 is 4.74 Å². The average Bonchev–Trinajstić information content (AvgIpc) is 2.19. The maximum Gasteiger partial charge on any atom is 0.323 e. The number of piperidine rings is 1. The standard InChI is InChI=1S/C10H18FNO2/c1-2-14-10(13)9-5-3-4-7-12(9)8-6-11/h9H,2-8H2,1H3. The molecule has 3 nitrogen and oxygen atoms in total. The Morgan fingerprint density at radius 1 is 1.57 bits per heavy atom. The van der Waals surface area contributed by atoms with Crippen molar-refractivity contribution >= 4 is 5.97 Å². The van der Waals surface area contributed by atoms with E-state index in [1.807, 2.05) is 4.90 Å². The molecule has 1 saturated heterocycles. The van der Waals surface area contributed by atoms with Crippen molar-refractivity contribution in [3.05, 3.63) is 0 Å². The van der Waals surface area contributed by atoms with E-state index in [1.54, 1.807) is 6.92 Å². The summed E-state index contributed by atoms with van der Waals surface area (Å²) in [6.45, 7) is 2.96. The lowest BCUT2D eigenvalue weighted by atomic mass is 10.0. The largest absolute Gasteiger partial charge is 0.465 e. The van der Waals surface area contributed by atoms with Crippen LogP contribution < -0.4 is 0 Å². The fraction of sp³-hybridized carbons (Fsp3) is 0.900. The van der Waals surface area contributed by atoms with E-state index in [4.69, 9.17) is 4.74 Å². The number of likely N-dealkylation sites (tertiary alicyclic amines) is 1. The first kappa shape index (κ1) is 11.4. The van der Waals surface area contributed by atoms with Crippen molar-refractivity contribution in [1.29, 1.82) is 0 Å². The molecule has 0 aromatic carbocycles. The van der Waals surface area contributed by atoms with E-state index in [-0.39, 0.29) is 12.0 Å². The molecule has 1 rings (SSSR count). The lowest BCUT2D eigenvalue weighted by molar-refractivity contribution is -0.150. The quantitative estimate of drug-likeness (QED) is 0.646. The molecule has 0 N–H and O–H groups in total. The van der Waals surface area contributed by atoms with Gasteiger partial charge in [0.25, 0.3) is 0 Å². The fourth-order valence-corrected chi connectivity index (χ4v) is 1.87. The van der Waals surface area contributed by atoms with Crippen molar-refractivity contribution in [3.8, 4) is 0 Å². The zero-order valence-corrected chi connectivity index (χ0v) is 8.67. The Hall–Kier alpha value is -0.640. The number of hydrogen-bond acceptors (Lipinski definition) is 3. The predicted octanol–water partition coefficient (Wildman–Crippen LogP) is 1.37. The van der Waals surface area contributed by atoms with Crippen LogP contribution in [-0.2, 0) is 9.53 Å². The lowest BCUT2D eigenvalue weighted by Crippen LogP contribution is -2.46. The zero-order chi connectivity index (χ0) is 10.4. The lowest BCUT2D eigenvalue weighted by Gasteiger charge is -2.32. The van der Waals surface area contributed by atoms with Gasteiger partial charge in [-0.05, 0) is 26.3 Å². The molecule has 14 heavy (non-hydrogen) atoms. The maximum absolute atomic E-state index is 12.2. The van der Waals surface area contributed by atoms with Gasteiger partial charge in [-0.25, -0.2) is 4.39 Å². The van der Waals surface area contributed by atoms with E-state index in [1.165, 1.54) is 0 Å². The first-order chi connectivity index (χ1) is 6.79. The van der Waals surface area contributed by atoms with Crippen LogP contribution in [0, 0.1) is 0 Å². The summed E-state index contributed by atoms with van der Waals surface area (Å²) in [6, 6.07) is -0.209. The van der Waals surface area contributed by atoms with Gasteiger partial charge in [0.2, 0.25) is 0 Å². The topological polar surface area (TPSA) is 29.5 Å². The average molecular weight is 203 g/mol. The summed E-state index contributed by atoms with van der Waals surface area (Å²) in [7, 11) is 0. The number of esters is 1. The third-order valence-electron chi connectivity index (χ3n) is 2.54. The van der Waals surface area contributed by atoms with Crippen LogP contribution in [0.25, 0.3) is 0 Å². The number of ether oxygens (including phenoxy) is 1. The molecule has 0 spiro atoms. The molecule has 1 aliphatic heterocycles. The highest BCUT2D eigenvalue weighted by Crippen LogP contribution is 2.17. The van der Waals surface area contributed by atoms with E-state index in [0.717, 1.165) is 25.8 Å². The van der Waals surface area contributed by atoms with E-state index < -0.39 is 6.67 Å². The number of carbonyl (C=O) groups excluding carboxylic acids is 1. The Morgan fingerprint density at radius 2 is 2.36 bits per heavy atom. The second kappa shape index (κ2) is 5.96. The molecule has 0 aromatic rings. The van der Waals surface area contributed by atoms with E-state index in [9.17, 15) is 9.18 Å². The van der Waals surface area contributed by atoms with Crippen molar-refractivity contribution in [1.82, 2.24) is 4.90 Å². The van der Waals surface area contributed by atoms with Crippen LogP contribution >= 0.6 is 0 Å². The summed E-state index contributed by atoms with van der Waals surface area (Å²) in [5.74, 6) is -0.194. The normalized spacial score (nSPS) is 23.4. The first-order valence-electron chi connectivity index (χ1n) is 5.26. The molecular formula is C10H18FNO2. The van der Waals surface area contributed by atoms with Gasteiger partial charge in [-0.2, -0.15) is 0 Å². The number of alkyl halides is 1. The van der Waals surface area contributed by atoms with Gasteiger partial charge in [-0.3, -0.25) is 9.69 Å². The summed E-state index contributed by atoms with van der Waals surface area (Å²) < 4.78 is 17.2. The first-order valence-corrected chi connectivity index (χ1v) is 5.26. The Bertz CT molecular complexity index is 185. The molecular weight excluding hydrogens is 185 g/mol. The molecule has 1 atom stereocenters. The molecule has 1 fully saturated rings. The van der Waals surface area contributed by atoms with Crippen LogP contribution in [0.15, 0.2) is 0 Å². The molecule has 0 radical (unpaired) electrons. The number of nitrogens with zero attached hydrogens (tertiary/aromatic N) is 1. The van der Waals surface area contributed by atoms with Crippen LogP contribution in [0.4, 0.5) is 4.39 Å². The van der Waals surface area contributed by atoms with E-state index in [2.05, 4.69) is 0 Å². The number of halogens is 1. The summed E-state index contributed by atoms with van der Waals surface area (Å²) >= 11 is 0. The SMILES string of the molecule is CCOC(=O)C1CCCCN1CCF. The maximum atomic E-state index is 12.2. The monoisotopic (exact) mass is 203 g/mol. The second-order valence-electron chi connectivity index (χ2n) is 3.49. The second-order valence-corrected chi connectivity index (χ2v) is 3.49. The minimum absolute atomic E-state index is 0.194. The number of hydrogen-bond donors (Lipinski definition) is 0. The Kier molecular flexibility index (Phi) is 4.87. The van der Waals surface area contributed by atoms with Gasteiger partial charge in [-0.1, -0.05) is 6.42 Å². The van der Waals surface area contributed by atoms with Gasteiger partial charge in [0.15, 0.2) is 0 Å². The van der Waals surface area contributed by atoms with Gasteiger partial charge in [0.05, 0.1) is 6.61 Å². The third-order valence-corrected chi connectivity index (χ3v) is 2.54. The molecule has 0 aromatic heterocycles. The summed E-state index contributed by atoms with van der Waals surface area (Å²) in [5.41, 5.74) is 0. The van der Waals surface area contributed by atoms with Crippen LogP contribution in [0.3, 0.4) is 0 Å². The zero-order valence-electron chi connectivity index (χ0n) is 8.67. The van der Waals surface area contributed by atoms with Gasteiger partial charge in [0, 0.05) is 6.54 Å². The Balaban J connectivity index is 2.48. The van der Waals surface area contributed by atoms with Crippen molar-refractivity contribution in [3.63, 3.8) is 0 Å². The van der Waals surface area contributed by atoms with Crippen molar-refractivity contribution in [2.45, 2.75) is 32.2 Å². The van der Waals surface area contributed by atoms with E-state index >= 15 is 0 Å². The van der Waals surface area contributed by atoms with Crippen molar-refractivity contribution < 1.29 is 13.9 Å². The summed E-state index contributed by atoms with van der Waals surface area (Å²) in [4.78, 5) is 13.4. The molecule has 0 aliphatic carbocycles. The van der Waals surface area contributed by atoms with Crippen LogP contribution in [0.2, 0.25) is 0 Å². The summed E-state index contributed by atoms with van der Waals surface area (Å²) in [6.07, 6.45) is 2.89. The molecule has 1 unspecified atom stereocenters. The van der Waals surface area contributed by atoms with Crippen molar-refractivity contribution in [2.24, 2.45) is 0 Å². The molecule has 1 aliphatic rings. The molecule has 0 bridgehead atoms. The van der Waals surface area contributed by atoms with Crippen LogP contribution in [-0.4, -0.2) is 43.3 Å². The highest BCUT2D eigenvalue weighted by atomic mass is 19.1. The third kappa shape index (κ3) is 2.94. The smallest absolute Gasteiger partial charge is 0.323 e.